The van der Waals surface area contributed by atoms with Crippen LogP contribution < -0.4 is 5.32 Å². The summed E-state index contributed by atoms with van der Waals surface area (Å²) in [5, 5.41) is 7.58. The molecule has 6 heteroatoms. The maximum atomic E-state index is 12.6. The molecule has 2 heterocycles. The number of carbonyl (C=O) groups is 1. The largest absolute Gasteiger partial charge is 0.349 e. The van der Waals surface area contributed by atoms with Crippen molar-refractivity contribution in [2.45, 2.75) is 39.2 Å². The van der Waals surface area contributed by atoms with Gasteiger partial charge >= 0.3 is 0 Å². The highest BCUT2D eigenvalue weighted by Gasteiger charge is 2.17. The van der Waals surface area contributed by atoms with Gasteiger partial charge in [-0.1, -0.05) is 30.3 Å². The normalized spacial score (nSPS) is 12.1. The lowest BCUT2D eigenvalue weighted by atomic mass is 10.0. The van der Waals surface area contributed by atoms with Gasteiger partial charge in [-0.2, -0.15) is 5.10 Å². The minimum atomic E-state index is -0.106. The van der Waals surface area contributed by atoms with Crippen molar-refractivity contribution < 1.29 is 4.79 Å². The third-order valence-corrected chi connectivity index (χ3v) is 4.75. The average Bonchev–Trinajstić information content (AvgIpc) is 3.22. The first kappa shape index (κ1) is 17.9. The standard InChI is InChI=1S/C20H25N5O/c1-14-17(15(2)25(3)24-14)9-10-20(26)23-18(13-19-21-11-12-22-19)16-7-5-4-6-8-16/h4-8,11-12,18H,9-10,13H2,1-3H3,(H,21,22)(H,23,26). The summed E-state index contributed by atoms with van der Waals surface area (Å²) >= 11 is 0. The van der Waals surface area contributed by atoms with E-state index in [1.54, 1.807) is 12.4 Å². The van der Waals surface area contributed by atoms with Crippen LogP contribution in [0.2, 0.25) is 0 Å². The van der Waals surface area contributed by atoms with Crippen molar-refractivity contribution in [1.82, 2.24) is 25.1 Å². The second-order valence-electron chi connectivity index (χ2n) is 6.54. The van der Waals surface area contributed by atoms with Gasteiger partial charge < -0.3 is 10.3 Å². The van der Waals surface area contributed by atoms with Crippen molar-refractivity contribution in [3.63, 3.8) is 0 Å². The Morgan fingerprint density at radius 3 is 2.65 bits per heavy atom. The molecule has 1 atom stereocenters. The van der Waals surface area contributed by atoms with Crippen molar-refractivity contribution >= 4 is 5.91 Å². The van der Waals surface area contributed by atoms with Crippen LogP contribution in [0.25, 0.3) is 0 Å². The Morgan fingerprint density at radius 1 is 1.27 bits per heavy atom. The lowest BCUT2D eigenvalue weighted by Gasteiger charge is -2.18. The molecule has 136 valence electrons. The average molecular weight is 351 g/mol. The van der Waals surface area contributed by atoms with Crippen molar-refractivity contribution in [3.05, 3.63) is 71.1 Å². The van der Waals surface area contributed by atoms with E-state index in [0.717, 1.165) is 28.3 Å². The summed E-state index contributed by atoms with van der Waals surface area (Å²) in [5.41, 5.74) is 4.34. The molecule has 1 unspecified atom stereocenters. The summed E-state index contributed by atoms with van der Waals surface area (Å²) < 4.78 is 1.87. The minimum Gasteiger partial charge on any atom is -0.349 e. The summed E-state index contributed by atoms with van der Waals surface area (Å²) in [7, 11) is 1.93. The molecule has 2 aromatic heterocycles. The Kier molecular flexibility index (Phi) is 5.51. The van der Waals surface area contributed by atoms with Gasteiger partial charge in [0.15, 0.2) is 0 Å². The Labute approximate surface area is 153 Å². The molecule has 0 aliphatic carbocycles. The molecule has 6 nitrogen and oxygen atoms in total. The molecule has 3 aromatic rings. The molecule has 0 saturated heterocycles. The number of aromatic nitrogens is 4. The summed E-state index contributed by atoms with van der Waals surface area (Å²) in [6.45, 7) is 4.03. The number of rotatable bonds is 7. The molecule has 0 radical (unpaired) electrons. The van der Waals surface area contributed by atoms with E-state index in [2.05, 4.69) is 20.4 Å². The SMILES string of the molecule is Cc1nn(C)c(C)c1CCC(=O)NC(Cc1ncc[nH]1)c1ccccc1. The predicted molar refractivity (Wildman–Crippen MR) is 101 cm³/mol. The molecule has 0 bridgehead atoms. The molecule has 1 amide bonds. The van der Waals surface area contributed by atoms with Crippen LogP contribution in [0.5, 0.6) is 0 Å². The Hall–Kier alpha value is -2.89. The highest BCUT2D eigenvalue weighted by Crippen LogP contribution is 2.18. The second kappa shape index (κ2) is 7.99. The van der Waals surface area contributed by atoms with Crippen LogP contribution in [-0.2, 0) is 24.7 Å². The number of benzene rings is 1. The van der Waals surface area contributed by atoms with Crippen LogP contribution in [0, 0.1) is 13.8 Å². The lowest BCUT2D eigenvalue weighted by Crippen LogP contribution is -2.30. The van der Waals surface area contributed by atoms with E-state index in [1.165, 1.54) is 0 Å². The Balaban J connectivity index is 1.67. The lowest BCUT2D eigenvalue weighted by molar-refractivity contribution is -0.121. The van der Waals surface area contributed by atoms with E-state index < -0.39 is 0 Å². The van der Waals surface area contributed by atoms with Gasteiger partial charge in [0.2, 0.25) is 5.91 Å². The first-order valence-corrected chi connectivity index (χ1v) is 8.86. The highest BCUT2D eigenvalue weighted by molar-refractivity contribution is 5.76. The number of hydrogen-bond donors (Lipinski definition) is 2. The van der Waals surface area contributed by atoms with E-state index in [4.69, 9.17) is 0 Å². The topological polar surface area (TPSA) is 75.6 Å². The molecule has 1 aromatic carbocycles. The number of nitrogens with one attached hydrogen (secondary N) is 2. The number of imidazole rings is 1. The van der Waals surface area contributed by atoms with Crippen molar-refractivity contribution in [1.29, 1.82) is 0 Å². The number of aromatic amines is 1. The molecule has 0 spiro atoms. The number of carbonyl (C=O) groups excluding carboxylic acids is 1. The maximum Gasteiger partial charge on any atom is 0.220 e. The molecule has 0 aliphatic rings. The third-order valence-electron chi connectivity index (χ3n) is 4.75. The summed E-state index contributed by atoms with van der Waals surface area (Å²) in [6.07, 6.45) is 5.29. The zero-order valence-corrected chi connectivity index (χ0v) is 15.5. The molecular formula is C20H25N5O. The fraction of sp³-hybridized carbons (Fsp3) is 0.350. The predicted octanol–water partition coefficient (Wildman–Crippen LogP) is 2.79. The van der Waals surface area contributed by atoms with E-state index in [0.29, 0.717) is 19.3 Å². The number of H-pyrrole nitrogens is 1. The Morgan fingerprint density at radius 2 is 2.04 bits per heavy atom. The van der Waals surface area contributed by atoms with Gasteiger partial charge in [-0.25, -0.2) is 4.98 Å². The van der Waals surface area contributed by atoms with Crippen molar-refractivity contribution in [3.8, 4) is 0 Å². The molecule has 3 rings (SSSR count). The van der Waals surface area contributed by atoms with Crippen LogP contribution in [-0.4, -0.2) is 25.7 Å². The van der Waals surface area contributed by atoms with Gasteiger partial charge in [0.05, 0.1) is 11.7 Å². The van der Waals surface area contributed by atoms with Gasteiger partial charge in [-0.05, 0) is 31.4 Å². The van der Waals surface area contributed by atoms with Gasteiger partial charge in [-0.15, -0.1) is 0 Å². The highest BCUT2D eigenvalue weighted by atomic mass is 16.1. The summed E-state index contributed by atoms with van der Waals surface area (Å²) in [4.78, 5) is 20.0. The van der Waals surface area contributed by atoms with Gasteiger partial charge in [0.25, 0.3) is 0 Å². The number of amides is 1. The molecule has 2 N–H and O–H groups in total. The molecule has 26 heavy (non-hydrogen) atoms. The quantitative estimate of drug-likeness (QED) is 0.687. The molecular weight excluding hydrogens is 326 g/mol. The molecule has 0 aliphatic heterocycles. The van der Waals surface area contributed by atoms with Crippen LogP contribution in [0.3, 0.4) is 0 Å². The fourth-order valence-corrected chi connectivity index (χ4v) is 3.22. The number of hydrogen-bond acceptors (Lipinski definition) is 3. The fourth-order valence-electron chi connectivity index (χ4n) is 3.22. The Bertz CT molecular complexity index is 852. The van der Waals surface area contributed by atoms with Gasteiger partial charge in [0.1, 0.15) is 5.82 Å². The zero-order valence-electron chi connectivity index (χ0n) is 15.5. The van der Waals surface area contributed by atoms with Crippen LogP contribution >= 0.6 is 0 Å². The minimum absolute atomic E-state index is 0.0352. The van der Waals surface area contributed by atoms with E-state index in [-0.39, 0.29) is 11.9 Å². The van der Waals surface area contributed by atoms with Crippen LogP contribution in [0.4, 0.5) is 0 Å². The molecule has 0 fully saturated rings. The van der Waals surface area contributed by atoms with Gasteiger partial charge in [0, 0.05) is 38.0 Å². The summed E-state index contributed by atoms with van der Waals surface area (Å²) in [5.74, 6) is 0.895. The van der Waals surface area contributed by atoms with Gasteiger partial charge in [-0.3, -0.25) is 9.48 Å². The zero-order chi connectivity index (χ0) is 18.5. The van der Waals surface area contributed by atoms with E-state index in [1.807, 2.05) is 55.9 Å². The third kappa shape index (κ3) is 4.20. The van der Waals surface area contributed by atoms with Crippen LogP contribution in [0.15, 0.2) is 42.7 Å². The molecule has 0 saturated carbocycles. The summed E-state index contributed by atoms with van der Waals surface area (Å²) in [6, 6.07) is 9.90. The van der Waals surface area contributed by atoms with Crippen molar-refractivity contribution in [2.75, 3.05) is 0 Å². The smallest absolute Gasteiger partial charge is 0.220 e. The van der Waals surface area contributed by atoms with E-state index >= 15 is 0 Å². The monoisotopic (exact) mass is 351 g/mol. The first-order chi connectivity index (χ1) is 12.5. The van der Waals surface area contributed by atoms with Crippen molar-refractivity contribution in [2.24, 2.45) is 7.05 Å². The number of aryl methyl sites for hydroxylation is 2. The van der Waals surface area contributed by atoms with Crippen LogP contribution in [0.1, 0.15) is 40.8 Å². The van der Waals surface area contributed by atoms with E-state index in [9.17, 15) is 4.79 Å². The second-order valence-corrected chi connectivity index (χ2v) is 6.54. The maximum absolute atomic E-state index is 12.6. The number of nitrogens with zero attached hydrogens (tertiary/aromatic N) is 3. The first-order valence-electron chi connectivity index (χ1n) is 8.86.